The summed E-state index contributed by atoms with van der Waals surface area (Å²) in [7, 11) is 0. The van der Waals surface area contributed by atoms with E-state index >= 15 is 0 Å². The van der Waals surface area contributed by atoms with Gasteiger partial charge in [0, 0.05) is 18.5 Å². The van der Waals surface area contributed by atoms with Crippen molar-refractivity contribution in [3.8, 4) is 11.3 Å². The van der Waals surface area contributed by atoms with Gasteiger partial charge in [-0.3, -0.25) is 14.3 Å². The van der Waals surface area contributed by atoms with E-state index in [1.165, 1.54) is 24.6 Å². The minimum Gasteiger partial charge on any atom is -0.365 e. The van der Waals surface area contributed by atoms with Crippen LogP contribution in [0.4, 0.5) is 4.39 Å². The van der Waals surface area contributed by atoms with E-state index in [1.807, 2.05) is 0 Å². The molecule has 0 unspecified atom stereocenters. The first-order valence-corrected chi connectivity index (χ1v) is 10.3. The van der Waals surface area contributed by atoms with E-state index in [-0.39, 0.29) is 21.9 Å². The highest BCUT2D eigenvalue weighted by Gasteiger charge is 2.39. The lowest BCUT2D eigenvalue weighted by molar-refractivity contribution is -0.137. The van der Waals surface area contributed by atoms with Gasteiger partial charge in [-0.1, -0.05) is 24.9 Å². The molecule has 0 radical (unpaired) electrons. The number of nitrogens with two attached hydrogens (primary N) is 1. The number of rotatable bonds is 5. The summed E-state index contributed by atoms with van der Waals surface area (Å²) in [6, 6.07) is 4.19. The van der Waals surface area contributed by atoms with Crippen LogP contribution in [0.25, 0.3) is 11.3 Å². The van der Waals surface area contributed by atoms with Crippen LogP contribution < -0.4 is 5.73 Å². The van der Waals surface area contributed by atoms with E-state index < -0.39 is 11.7 Å². The predicted molar refractivity (Wildman–Crippen MR) is 108 cm³/mol. The molecule has 2 heterocycles. The van der Waals surface area contributed by atoms with Gasteiger partial charge in [0.25, 0.3) is 5.91 Å². The molecule has 1 fully saturated rings. The molecule has 2 aromatic rings. The molecule has 0 atom stereocenters. The topological polar surface area (TPSA) is 81.2 Å². The Morgan fingerprint density at radius 3 is 2.66 bits per heavy atom. The average molecular weight is 419 g/mol. The highest BCUT2D eigenvalue weighted by atomic mass is 35.5. The van der Waals surface area contributed by atoms with E-state index in [1.54, 1.807) is 9.58 Å². The fourth-order valence-corrected chi connectivity index (χ4v) is 4.58. The number of benzene rings is 1. The second-order valence-electron chi connectivity index (χ2n) is 8.09. The van der Waals surface area contributed by atoms with Crippen molar-refractivity contribution < 1.29 is 14.0 Å². The van der Waals surface area contributed by atoms with Crippen LogP contribution in [-0.4, -0.2) is 33.0 Å². The van der Waals surface area contributed by atoms with Gasteiger partial charge in [-0.15, -0.1) is 0 Å². The number of hydrogen-bond acceptors (Lipinski definition) is 3. The second kappa shape index (κ2) is 7.44. The summed E-state index contributed by atoms with van der Waals surface area (Å²) >= 11 is 5.90. The first-order valence-electron chi connectivity index (χ1n) is 9.96. The fraction of sp³-hybridized carbons (Fsp3) is 0.476. The largest absolute Gasteiger partial charge is 0.365 e. The zero-order valence-corrected chi connectivity index (χ0v) is 17.1. The van der Waals surface area contributed by atoms with Gasteiger partial charge in [0.05, 0.1) is 29.4 Å². The van der Waals surface area contributed by atoms with Gasteiger partial charge in [-0.25, -0.2) is 4.39 Å². The van der Waals surface area contributed by atoms with Crippen LogP contribution in [0.3, 0.4) is 0 Å². The summed E-state index contributed by atoms with van der Waals surface area (Å²) in [5.41, 5.74) is 7.56. The molecular weight excluding hydrogens is 395 g/mol. The molecular formula is C21H24ClFN4O2. The van der Waals surface area contributed by atoms with E-state index in [4.69, 9.17) is 17.3 Å². The standard InChI is InChI=1S/C21H24ClFN4O2/c1-2-21(6-3-7-21)11-17(28)26-8-9-27-16(12-26)18(20(24)29)19(25-27)13-4-5-15(23)14(22)10-13/h4-5,10H,2-3,6-9,11-12H2,1H3,(H2,24,29). The highest BCUT2D eigenvalue weighted by molar-refractivity contribution is 6.31. The zero-order valence-electron chi connectivity index (χ0n) is 16.4. The van der Waals surface area contributed by atoms with Crippen LogP contribution in [0.2, 0.25) is 5.02 Å². The maximum Gasteiger partial charge on any atom is 0.252 e. The summed E-state index contributed by atoms with van der Waals surface area (Å²) in [5.74, 6) is -1.06. The summed E-state index contributed by atoms with van der Waals surface area (Å²) in [4.78, 5) is 27.0. The van der Waals surface area contributed by atoms with Gasteiger partial charge in [0.15, 0.2) is 0 Å². The van der Waals surface area contributed by atoms with Gasteiger partial charge in [-0.05, 0) is 42.9 Å². The molecule has 8 heteroatoms. The van der Waals surface area contributed by atoms with E-state index in [9.17, 15) is 14.0 Å². The van der Waals surface area contributed by atoms with Gasteiger partial charge in [0.2, 0.25) is 5.91 Å². The summed E-state index contributed by atoms with van der Waals surface area (Å²) < 4.78 is 15.3. The quantitative estimate of drug-likeness (QED) is 0.802. The number of carbonyl (C=O) groups is 2. The molecule has 1 aromatic heterocycles. The third-order valence-electron chi connectivity index (χ3n) is 6.46. The Bertz CT molecular complexity index is 978. The fourth-order valence-electron chi connectivity index (χ4n) is 4.40. The monoisotopic (exact) mass is 418 g/mol. The number of nitrogens with zero attached hydrogens (tertiary/aromatic N) is 3. The Balaban J connectivity index is 1.64. The molecule has 29 heavy (non-hydrogen) atoms. The van der Waals surface area contributed by atoms with Crippen molar-refractivity contribution in [1.29, 1.82) is 0 Å². The molecule has 0 saturated heterocycles. The number of halogens is 2. The van der Waals surface area contributed by atoms with Crippen LogP contribution in [0.15, 0.2) is 18.2 Å². The van der Waals surface area contributed by atoms with E-state index in [0.29, 0.717) is 43.0 Å². The molecule has 1 aromatic carbocycles. The van der Waals surface area contributed by atoms with E-state index in [2.05, 4.69) is 12.0 Å². The number of carbonyl (C=O) groups excluding carboxylic acids is 2. The Hall–Kier alpha value is -2.41. The van der Waals surface area contributed by atoms with Gasteiger partial charge in [-0.2, -0.15) is 5.10 Å². The van der Waals surface area contributed by atoms with Crippen molar-refractivity contribution in [2.24, 2.45) is 11.1 Å². The lowest BCUT2D eigenvalue weighted by Gasteiger charge is -2.42. The Morgan fingerprint density at radius 1 is 1.31 bits per heavy atom. The second-order valence-corrected chi connectivity index (χ2v) is 8.49. The van der Waals surface area contributed by atoms with Crippen LogP contribution in [0.1, 0.15) is 55.1 Å². The molecule has 0 spiro atoms. The first kappa shape index (κ1) is 19.9. The number of primary amides is 1. The van der Waals surface area contributed by atoms with Gasteiger partial charge < -0.3 is 10.6 Å². The lowest BCUT2D eigenvalue weighted by atomic mass is 9.65. The molecule has 2 aliphatic rings. The van der Waals surface area contributed by atoms with Crippen molar-refractivity contribution in [2.75, 3.05) is 6.54 Å². The molecule has 0 bridgehead atoms. The molecule has 4 rings (SSSR count). The molecule has 2 amide bonds. The van der Waals surface area contributed by atoms with Crippen LogP contribution in [0.5, 0.6) is 0 Å². The Morgan fingerprint density at radius 2 is 2.07 bits per heavy atom. The molecule has 1 aliphatic heterocycles. The predicted octanol–water partition coefficient (Wildman–Crippen LogP) is 3.75. The normalized spacial score (nSPS) is 17.6. The molecule has 1 saturated carbocycles. The summed E-state index contributed by atoms with van der Waals surface area (Å²) in [5, 5.41) is 4.47. The summed E-state index contributed by atoms with van der Waals surface area (Å²) in [6.07, 6.45) is 4.94. The molecule has 2 N–H and O–H groups in total. The van der Waals surface area contributed by atoms with Crippen molar-refractivity contribution in [3.63, 3.8) is 0 Å². The Kier molecular flexibility index (Phi) is 5.11. The number of amides is 2. The Labute approximate surface area is 173 Å². The number of aromatic nitrogens is 2. The minimum atomic E-state index is -0.625. The van der Waals surface area contributed by atoms with Crippen molar-refractivity contribution in [2.45, 2.75) is 52.1 Å². The highest BCUT2D eigenvalue weighted by Crippen LogP contribution is 2.47. The lowest BCUT2D eigenvalue weighted by Crippen LogP contribution is -2.43. The van der Waals surface area contributed by atoms with Crippen LogP contribution >= 0.6 is 11.6 Å². The van der Waals surface area contributed by atoms with Crippen molar-refractivity contribution in [3.05, 3.63) is 40.3 Å². The molecule has 154 valence electrons. The smallest absolute Gasteiger partial charge is 0.252 e. The van der Waals surface area contributed by atoms with Crippen LogP contribution in [-0.2, 0) is 17.9 Å². The maximum atomic E-state index is 13.5. The van der Waals surface area contributed by atoms with Crippen LogP contribution in [0, 0.1) is 11.2 Å². The number of fused-ring (bicyclic) bond motifs is 1. The van der Waals surface area contributed by atoms with E-state index in [0.717, 1.165) is 19.3 Å². The SMILES string of the molecule is CCC1(CC(=O)N2CCn3nc(-c4ccc(F)c(Cl)c4)c(C(N)=O)c3C2)CCC1. The zero-order chi connectivity index (χ0) is 20.8. The third-order valence-corrected chi connectivity index (χ3v) is 6.75. The van der Waals surface area contributed by atoms with Gasteiger partial charge >= 0.3 is 0 Å². The van der Waals surface area contributed by atoms with Crippen molar-refractivity contribution >= 4 is 23.4 Å². The molecule has 1 aliphatic carbocycles. The number of hydrogen-bond donors (Lipinski definition) is 1. The van der Waals surface area contributed by atoms with Gasteiger partial charge in [0.1, 0.15) is 11.5 Å². The molecule has 6 nitrogen and oxygen atoms in total. The minimum absolute atomic E-state index is 0.0499. The first-order chi connectivity index (χ1) is 13.8. The summed E-state index contributed by atoms with van der Waals surface area (Å²) in [6.45, 7) is 3.45. The maximum absolute atomic E-state index is 13.5. The third kappa shape index (κ3) is 3.52. The average Bonchev–Trinajstić information content (AvgIpc) is 3.05. The van der Waals surface area contributed by atoms with Crippen molar-refractivity contribution in [1.82, 2.24) is 14.7 Å².